The Kier molecular flexibility index (Phi) is 2.75. The third kappa shape index (κ3) is 2.17. The number of carboxylic acid groups (broad SMARTS) is 1. The molecule has 0 radical (unpaired) electrons. The number of aliphatic carboxylic acids is 1. The van der Waals surface area contributed by atoms with Crippen LogP contribution in [-0.4, -0.2) is 35.6 Å². The Balaban J connectivity index is 1.58. The van der Waals surface area contributed by atoms with E-state index in [-0.39, 0.29) is 0 Å². The molecular formula is C12H21NO2. The predicted molar refractivity (Wildman–Crippen MR) is 58.7 cm³/mol. The van der Waals surface area contributed by atoms with Crippen LogP contribution in [0.15, 0.2) is 0 Å². The first-order valence-electron chi connectivity index (χ1n) is 5.96. The highest BCUT2D eigenvalue weighted by atomic mass is 16.4. The van der Waals surface area contributed by atoms with Crippen molar-refractivity contribution in [2.24, 2.45) is 17.3 Å². The molecule has 2 fully saturated rings. The maximum Gasteiger partial charge on any atom is 0.303 e. The van der Waals surface area contributed by atoms with Gasteiger partial charge in [-0.2, -0.15) is 0 Å². The first-order valence-corrected chi connectivity index (χ1v) is 5.96. The molecule has 15 heavy (non-hydrogen) atoms. The van der Waals surface area contributed by atoms with Gasteiger partial charge in [0.2, 0.25) is 0 Å². The van der Waals surface area contributed by atoms with E-state index in [9.17, 15) is 4.79 Å². The van der Waals surface area contributed by atoms with E-state index < -0.39 is 5.97 Å². The molecule has 86 valence electrons. The van der Waals surface area contributed by atoms with Crippen LogP contribution in [0.5, 0.6) is 0 Å². The minimum atomic E-state index is -0.666. The molecule has 0 aromatic rings. The number of carboxylic acids is 1. The van der Waals surface area contributed by atoms with Crippen LogP contribution in [-0.2, 0) is 4.79 Å². The highest BCUT2D eigenvalue weighted by molar-refractivity contribution is 5.66. The second kappa shape index (κ2) is 3.78. The van der Waals surface area contributed by atoms with Gasteiger partial charge in [-0.3, -0.25) is 4.79 Å². The summed E-state index contributed by atoms with van der Waals surface area (Å²) in [6, 6.07) is 0. The zero-order valence-corrected chi connectivity index (χ0v) is 9.70. The predicted octanol–water partition coefficient (Wildman–Crippen LogP) is 1.83. The van der Waals surface area contributed by atoms with Gasteiger partial charge in [0.05, 0.1) is 0 Å². The van der Waals surface area contributed by atoms with Gasteiger partial charge in [-0.15, -0.1) is 0 Å². The standard InChI is InChI=1S/C12H21NO2/c1-12(2)9-7-13(8-10(9)12)6-4-3-5-11(14)15/h9-10H,3-8H2,1-2H3,(H,14,15). The largest absolute Gasteiger partial charge is 0.481 e. The van der Waals surface area contributed by atoms with Crippen molar-refractivity contribution in [2.75, 3.05) is 19.6 Å². The molecule has 1 aliphatic carbocycles. The summed E-state index contributed by atoms with van der Waals surface area (Å²) in [4.78, 5) is 12.8. The van der Waals surface area contributed by atoms with Crippen molar-refractivity contribution in [3.63, 3.8) is 0 Å². The Morgan fingerprint density at radius 3 is 2.47 bits per heavy atom. The minimum absolute atomic E-state index is 0.326. The Bertz CT molecular complexity index is 248. The van der Waals surface area contributed by atoms with E-state index >= 15 is 0 Å². The van der Waals surface area contributed by atoms with Crippen LogP contribution in [0.25, 0.3) is 0 Å². The van der Waals surface area contributed by atoms with Gasteiger partial charge in [0.25, 0.3) is 0 Å². The Hall–Kier alpha value is -0.570. The topological polar surface area (TPSA) is 40.5 Å². The van der Waals surface area contributed by atoms with Crippen molar-refractivity contribution in [3.8, 4) is 0 Å². The molecular weight excluding hydrogens is 190 g/mol. The van der Waals surface area contributed by atoms with Crippen molar-refractivity contribution < 1.29 is 9.90 Å². The number of piperidine rings is 1. The van der Waals surface area contributed by atoms with E-state index in [4.69, 9.17) is 5.11 Å². The summed E-state index contributed by atoms with van der Waals surface area (Å²) in [6.45, 7) is 8.31. The SMILES string of the molecule is CC1(C)C2CN(CCCCC(=O)O)CC21. The molecule has 1 heterocycles. The lowest BCUT2D eigenvalue weighted by Gasteiger charge is -2.21. The zero-order valence-electron chi connectivity index (χ0n) is 9.70. The van der Waals surface area contributed by atoms with Crippen LogP contribution in [0.4, 0.5) is 0 Å². The van der Waals surface area contributed by atoms with Crippen LogP contribution in [0.1, 0.15) is 33.1 Å². The van der Waals surface area contributed by atoms with Gasteiger partial charge in [0, 0.05) is 19.5 Å². The summed E-state index contributed by atoms with van der Waals surface area (Å²) in [6.07, 6.45) is 2.18. The van der Waals surface area contributed by atoms with E-state index in [2.05, 4.69) is 18.7 Å². The highest BCUT2D eigenvalue weighted by Gasteiger charge is 2.61. The number of likely N-dealkylation sites (tertiary alicyclic amines) is 1. The summed E-state index contributed by atoms with van der Waals surface area (Å²) < 4.78 is 0. The van der Waals surface area contributed by atoms with E-state index in [0.29, 0.717) is 11.8 Å². The molecule has 1 saturated carbocycles. The second-order valence-electron chi connectivity index (χ2n) is 5.64. The normalized spacial score (nSPS) is 32.7. The quantitative estimate of drug-likeness (QED) is 0.705. The average Bonchev–Trinajstić information content (AvgIpc) is 2.56. The monoisotopic (exact) mass is 211 g/mol. The van der Waals surface area contributed by atoms with Crippen LogP contribution < -0.4 is 0 Å². The number of unbranched alkanes of at least 4 members (excludes halogenated alkanes) is 1. The second-order valence-corrected chi connectivity index (χ2v) is 5.64. The van der Waals surface area contributed by atoms with Gasteiger partial charge in [-0.25, -0.2) is 0 Å². The third-order valence-electron chi connectivity index (χ3n) is 4.31. The fraction of sp³-hybridized carbons (Fsp3) is 0.917. The van der Waals surface area contributed by atoms with Crippen molar-refractivity contribution in [1.82, 2.24) is 4.90 Å². The molecule has 2 unspecified atom stereocenters. The smallest absolute Gasteiger partial charge is 0.303 e. The maximum atomic E-state index is 10.3. The minimum Gasteiger partial charge on any atom is -0.481 e. The van der Waals surface area contributed by atoms with Crippen LogP contribution in [0.2, 0.25) is 0 Å². The molecule has 3 heteroatoms. The van der Waals surface area contributed by atoms with Crippen LogP contribution in [0, 0.1) is 17.3 Å². The average molecular weight is 211 g/mol. The third-order valence-corrected chi connectivity index (χ3v) is 4.31. The first kappa shape index (κ1) is 10.9. The number of fused-ring (bicyclic) bond motifs is 1. The van der Waals surface area contributed by atoms with Crippen LogP contribution >= 0.6 is 0 Å². The summed E-state index contributed by atoms with van der Waals surface area (Å²) in [5.41, 5.74) is 0.595. The molecule has 0 aromatic carbocycles. The lowest BCUT2D eigenvalue weighted by atomic mass is 10.1. The zero-order chi connectivity index (χ0) is 11.1. The van der Waals surface area contributed by atoms with Crippen molar-refractivity contribution in [1.29, 1.82) is 0 Å². The van der Waals surface area contributed by atoms with Gasteiger partial charge in [0.15, 0.2) is 0 Å². The maximum absolute atomic E-state index is 10.3. The Morgan fingerprint density at radius 1 is 1.33 bits per heavy atom. The van der Waals surface area contributed by atoms with Crippen molar-refractivity contribution in [2.45, 2.75) is 33.1 Å². The van der Waals surface area contributed by atoms with E-state index in [1.807, 2.05) is 0 Å². The summed E-state index contributed by atoms with van der Waals surface area (Å²) in [7, 11) is 0. The molecule has 3 nitrogen and oxygen atoms in total. The van der Waals surface area contributed by atoms with Gasteiger partial charge in [-0.1, -0.05) is 13.8 Å². The van der Waals surface area contributed by atoms with Crippen LogP contribution in [0.3, 0.4) is 0 Å². The number of hydrogen-bond acceptors (Lipinski definition) is 2. The number of rotatable bonds is 5. The first-order chi connectivity index (χ1) is 7.01. The fourth-order valence-corrected chi connectivity index (χ4v) is 3.01. The Morgan fingerprint density at radius 2 is 1.93 bits per heavy atom. The number of hydrogen-bond donors (Lipinski definition) is 1. The molecule has 0 amide bonds. The van der Waals surface area contributed by atoms with Gasteiger partial charge >= 0.3 is 5.97 Å². The Labute approximate surface area is 91.5 Å². The lowest BCUT2D eigenvalue weighted by molar-refractivity contribution is -0.137. The molecule has 2 aliphatic rings. The van der Waals surface area contributed by atoms with Gasteiger partial charge in [0.1, 0.15) is 0 Å². The molecule has 0 aromatic heterocycles. The summed E-state index contributed by atoms with van der Waals surface area (Å²) in [5.74, 6) is 1.16. The molecule has 2 rings (SSSR count). The van der Waals surface area contributed by atoms with Crippen molar-refractivity contribution >= 4 is 5.97 Å². The molecule has 0 bridgehead atoms. The molecule has 0 spiro atoms. The van der Waals surface area contributed by atoms with E-state index in [1.165, 1.54) is 13.1 Å². The lowest BCUT2D eigenvalue weighted by Crippen LogP contribution is -2.27. The highest BCUT2D eigenvalue weighted by Crippen LogP contribution is 2.61. The molecule has 1 aliphatic heterocycles. The fourth-order valence-electron chi connectivity index (χ4n) is 3.01. The van der Waals surface area contributed by atoms with Crippen molar-refractivity contribution in [3.05, 3.63) is 0 Å². The van der Waals surface area contributed by atoms with E-state index in [0.717, 1.165) is 31.2 Å². The molecule has 2 atom stereocenters. The molecule has 1 N–H and O–H groups in total. The summed E-state index contributed by atoms with van der Waals surface area (Å²) >= 11 is 0. The van der Waals surface area contributed by atoms with Gasteiger partial charge < -0.3 is 10.0 Å². The summed E-state index contributed by atoms with van der Waals surface area (Å²) in [5, 5.41) is 8.51. The number of nitrogens with zero attached hydrogens (tertiary/aromatic N) is 1. The number of carbonyl (C=O) groups is 1. The van der Waals surface area contributed by atoms with E-state index in [1.54, 1.807) is 0 Å². The molecule has 1 saturated heterocycles. The van der Waals surface area contributed by atoms with Gasteiger partial charge in [-0.05, 0) is 36.6 Å².